The first-order valence-corrected chi connectivity index (χ1v) is 9.06. The number of anilines is 1. The maximum atomic E-state index is 5.70. The van der Waals surface area contributed by atoms with Crippen molar-refractivity contribution >= 4 is 17.2 Å². The highest BCUT2D eigenvalue weighted by molar-refractivity contribution is 7.10. The number of aryl methyl sites for hydroxylation is 1. The van der Waals surface area contributed by atoms with Crippen LogP contribution in [0.3, 0.4) is 0 Å². The Labute approximate surface area is 146 Å². The first-order chi connectivity index (χ1) is 11.8. The Kier molecular flexibility index (Phi) is 6.14. The molecule has 0 spiro atoms. The van der Waals surface area contributed by atoms with Crippen LogP contribution in [0.25, 0.3) is 0 Å². The van der Waals surface area contributed by atoms with Crippen LogP contribution in [-0.2, 0) is 16.0 Å². The number of thiophene rings is 1. The van der Waals surface area contributed by atoms with Crippen molar-refractivity contribution in [1.29, 1.82) is 0 Å². The lowest BCUT2D eigenvalue weighted by atomic mass is 10.2. The molecule has 1 N–H and O–H groups in total. The SMILES string of the molecule is COCCNc1ccnc([C@H]2COCCN2Cc2sccc2C)n1. The van der Waals surface area contributed by atoms with Crippen molar-refractivity contribution in [2.45, 2.75) is 19.5 Å². The minimum absolute atomic E-state index is 0.0874. The van der Waals surface area contributed by atoms with E-state index in [0.717, 1.165) is 37.9 Å². The summed E-state index contributed by atoms with van der Waals surface area (Å²) in [7, 11) is 1.69. The maximum Gasteiger partial charge on any atom is 0.150 e. The number of nitrogens with one attached hydrogen (secondary N) is 1. The molecule has 0 aliphatic carbocycles. The molecule has 7 heteroatoms. The van der Waals surface area contributed by atoms with Gasteiger partial charge >= 0.3 is 0 Å². The zero-order valence-corrected chi connectivity index (χ0v) is 15.0. The summed E-state index contributed by atoms with van der Waals surface area (Å²) >= 11 is 1.81. The lowest BCUT2D eigenvalue weighted by Gasteiger charge is -2.34. The summed E-state index contributed by atoms with van der Waals surface area (Å²) in [5.74, 6) is 1.64. The second kappa shape index (κ2) is 8.53. The molecular weight excluding hydrogens is 324 g/mol. The molecule has 3 rings (SSSR count). The van der Waals surface area contributed by atoms with Gasteiger partial charge in [-0.25, -0.2) is 9.97 Å². The number of aromatic nitrogens is 2. The molecule has 3 heterocycles. The molecule has 2 aromatic rings. The number of morpholine rings is 1. The van der Waals surface area contributed by atoms with Gasteiger partial charge in [0.1, 0.15) is 11.6 Å². The Morgan fingerprint density at radius 3 is 3.17 bits per heavy atom. The number of methoxy groups -OCH3 is 1. The van der Waals surface area contributed by atoms with E-state index in [9.17, 15) is 0 Å². The van der Waals surface area contributed by atoms with E-state index in [2.05, 4.69) is 38.6 Å². The van der Waals surface area contributed by atoms with Crippen LogP contribution in [-0.4, -0.2) is 54.9 Å². The summed E-state index contributed by atoms with van der Waals surface area (Å²) in [5.41, 5.74) is 1.35. The molecule has 1 atom stereocenters. The summed E-state index contributed by atoms with van der Waals surface area (Å²) in [6.45, 7) is 6.74. The van der Waals surface area contributed by atoms with Gasteiger partial charge < -0.3 is 14.8 Å². The first kappa shape index (κ1) is 17.3. The van der Waals surface area contributed by atoms with Gasteiger partial charge in [-0.1, -0.05) is 0 Å². The van der Waals surface area contributed by atoms with Crippen LogP contribution in [0, 0.1) is 6.92 Å². The Hall–Kier alpha value is -1.54. The highest BCUT2D eigenvalue weighted by atomic mass is 32.1. The van der Waals surface area contributed by atoms with E-state index in [1.165, 1.54) is 10.4 Å². The predicted octanol–water partition coefficient (Wildman–Crippen LogP) is 2.48. The van der Waals surface area contributed by atoms with Crippen molar-refractivity contribution in [3.05, 3.63) is 40.0 Å². The minimum Gasteiger partial charge on any atom is -0.383 e. The number of hydrogen-bond acceptors (Lipinski definition) is 7. The number of rotatable bonds is 7. The second-order valence-electron chi connectivity index (χ2n) is 5.81. The van der Waals surface area contributed by atoms with Gasteiger partial charge in [0.2, 0.25) is 0 Å². The van der Waals surface area contributed by atoms with Gasteiger partial charge in [0.15, 0.2) is 0 Å². The zero-order chi connectivity index (χ0) is 16.8. The maximum absolute atomic E-state index is 5.70. The van der Waals surface area contributed by atoms with Crippen LogP contribution >= 0.6 is 11.3 Å². The molecule has 24 heavy (non-hydrogen) atoms. The third-order valence-electron chi connectivity index (χ3n) is 4.14. The average Bonchev–Trinajstić information content (AvgIpc) is 3.01. The Morgan fingerprint density at radius 2 is 2.38 bits per heavy atom. The molecule has 2 aromatic heterocycles. The van der Waals surface area contributed by atoms with Crippen LogP contribution in [0.5, 0.6) is 0 Å². The zero-order valence-electron chi connectivity index (χ0n) is 14.2. The smallest absolute Gasteiger partial charge is 0.150 e. The van der Waals surface area contributed by atoms with Crippen LogP contribution < -0.4 is 5.32 Å². The fourth-order valence-electron chi connectivity index (χ4n) is 2.73. The monoisotopic (exact) mass is 348 g/mol. The van der Waals surface area contributed by atoms with Crippen LogP contribution in [0.2, 0.25) is 0 Å². The van der Waals surface area contributed by atoms with E-state index in [4.69, 9.17) is 9.47 Å². The van der Waals surface area contributed by atoms with Gasteiger partial charge in [0, 0.05) is 37.8 Å². The van der Waals surface area contributed by atoms with Crippen LogP contribution in [0.15, 0.2) is 23.7 Å². The largest absolute Gasteiger partial charge is 0.383 e. The Balaban J connectivity index is 1.72. The van der Waals surface area contributed by atoms with Crippen LogP contribution in [0.1, 0.15) is 22.3 Å². The summed E-state index contributed by atoms with van der Waals surface area (Å²) < 4.78 is 10.8. The van der Waals surface area contributed by atoms with E-state index in [1.54, 1.807) is 13.3 Å². The van der Waals surface area contributed by atoms with Gasteiger partial charge in [-0.2, -0.15) is 0 Å². The number of ether oxygens (including phenoxy) is 2. The van der Waals surface area contributed by atoms with Gasteiger partial charge in [-0.05, 0) is 30.0 Å². The van der Waals surface area contributed by atoms with Gasteiger partial charge in [0.25, 0.3) is 0 Å². The van der Waals surface area contributed by atoms with Crippen molar-refractivity contribution in [1.82, 2.24) is 14.9 Å². The number of hydrogen-bond donors (Lipinski definition) is 1. The van der Waals surface area contributed by atoms with E-state index in [-0.39, 0.29) is 6.04 Å². The first-order valence-electron chi connectivity index (χ1n) is 8.18. The fraction of sp³-hybridized carbons (Fsp3) is 0.529. The van der Waals surface area contributed by atoms with Crippen molar-refractivity contribution in [2.75, 3.05) is 45.3 Å². The second-order valence-corrected chi connectivity index (χ2v) is 6.81. The van der Waals surface area contributed by atoms with E-state index >= 15 is 0 Å². The standard InChI is InChI=1S/C17H24N4O2S/c1-13-4-10-24-15(13)11-21-7-9-23-12-14(21)17-19-5-3-16(20-17)18-6-8-22-2/h3-5,10,14H,6-9,11-12H2,1-2H3,(H,18,19,20)/t14-/m1/s1. The molecule has 0 aromatic carbocycles. The molecule has 130 valence electrons. The lowest BCUT2D eigenvalue weighted by molar-refractivity contribution is -0.0155. The van der Waals surface area contributed by atoms with Gasteiger partial charge in [0.05, 0.1) is 25.9 Å². The van der Waals surface area contributed by atoms with Gasteiger partial charge in [-0.3, -0.25) is 4.90 Å². The molecular formula is C17H24N4O2S. The highest BCUT2D eigenvalue weighted by Crippen LogP contribution is 2.27. The van der Waals surface area contributed by atoms with Crippen molar-refractivity contribution < 1.29 is 9.47 Å². The highest BCUT2D eigenvalue weighted by Gasteiger charge is 2.27. The quantitative estimate of drug-likeness (QED) is 0.776. The molecule has 0 saturated carbocycles. The summed E-state index contributed by atoms with van der Waals surface area (Å²) in [4.78, 5) is 13.0. The Morgan fingerprint density at radius 1 is 1.46 bits per heavy atom. The average molecular weight is 348 g/mol. The molecule has 0 amide bonds. The summed E-state index contributed by atoms with van der Waals surface area (Å²) in [6.07, 6.45) is 1.81. The molecule has 1 aliphatic rings. The lowest BCUT2D eigenvalue weighted by Crippen LogP contribution is -2.39. The van der Waals surface area contributed by atoms with E-state index in [1.807, 2.05) is 17.4 Å². The topological polar surface area (TPSA) is 59.5 Å². The predicted molar refractivity (Wildman–Crippen MR) is 95.4 cm³/mol. The van der Waals surface area contributed by atoms with Crippen molar-refractivity contribution in [2.24, 2.45) is 0 Å². The molecule has 0 unspecified atom stereocenters. The van der Waals surface area contributed by atoms with Crippen LogP contribution in [0.4, 0.5) is 5.82 Å². The molecule has 1 fully saturated rings. The third kappa shape index (κ3) is 4.30. The molecule has 1 aliphatic heterocycles. The minimum atomic E-state index is 0.0874. The third-order valence-corrected chi connectivity index (χ3v) is 5.15. The molecule has 0 bridgehead atoms. The van der Waals surface area contributed by atoms with Crippen molar-refractivity contribution in [3.63, 3.8) is 0 Å². The van der Waals surface area contributed by atoms with E-state index in [0.29, 0.717) is 13.2 Å². The molecule has 1 saturated heterocycles. The fourth-order valence-corrected chi connectivity index (χ4v) is 3.66. The summed E-state index contributed by atoms with van der Waals surface area (Å²) in [6, 6.07) is 4.15. The van der Waals surface area contributed by atoms with E-state index < -0.39 is 0 Å². The Bertz CT molecular complexity index is 649. The normalized spacial score (nSPS) is 18.7. The van der Waals surface area contributed by atoms with Gasteiger partial charge in [-0.15, -0.1) is 11.3 Å². The number of nitrogens with zero attached hydrogens (tertiary/aromatic N) is 3. The molecule has 6 nitrogen and oxygen atoms in total. The molecule has 0 radical (unpaired) electrons. The summed E-state index contributed by atoms with van der Waals surface area (Å²) in [5, 5.41) is 5.41. The van der Waals surface area contributed by atoms with Crippen molar-refractivity contribution in [3.8, 4) is 0 Å².